The Hall–Kier alpha value is -3.15. The van der Waals surface area contributed by atoms with E-state index in [1.54, 1.807) is 31.0 Å². The predicted molar refractivity (Wildman–Crippen MR) is 92.6 cm³/mol. The van der Waals surface area contributed by atoms with Crippen molar-refractivity contribution in [3.05, 3.63) is 76.4 Å². The Morgan fingerprint density at radius 3 is 2.33 bits per heavy atom. The molecular formula is C18H18N2O4. The van der Waals surface area contributed by atoms with Crippen LogP contribution in [0.1, 0.15) is 12.5 Å². The summed E-state index contributed by atoms with van der Waals surface area (Å²) in [6.07, 6.45) is 1.42. The number of non-ortho nitro benzene ring substituents is 1. The van der Waals surface area contributed by atoms with Gasteiger partial charge in [-0.25, -0.2) is 4.79 Å². The van der Waals surface area contributed by atoms with Crippen molar-refractivity contribution in [1.82, 2.24) is 0 Å². The standard InChI is InChI=1S/C18H18N2O4/c1-3-24-18(21)13-17(14-7-5-4-6-8-14)19(2)15-9-11-16(12-10-15)20(22)23/h4-13H,3H2,1-2H3/b17-13-. The number of esters is 1. The van der Waals surface area contributed by atoms with E-state index in [2.05, 4.69) is 0 Å². The molecule has 0 unspecified atom stereocenters. The molecule has 0 fully saturated rings. The highest BCUT2D eigenvalue weighted by Crippen LogP contribution is 2.26. The summed E-state index contributed by atoms with van der Waals surface area (Å²) >= 11 is 0. The van der Waals surface area contributed by atoms with Crippen LogP contribution in [-0.4, -0.2) is 24.5 Å². The van der Waals surface area contributed by atoms with Gasteiger partial charge in [-0.05, 0) is 24.6 Å². The van der Waals surface area contributed by atoms with Gasteiger partial charge in [0.15, 0.2) is 0 Å². The average Bonchev–Trinajstić information content (AvgIpc) is 2.60. The third-order valence-electron chi connectivity index (χ3n) is 3.42. The number of ether oxygens (including phenoxy) is 1. The predicted octanol–water partition coefficient (Wildman–Crippen LogP) is 3.64. The van der Waals surface area contributed by atoms with Crippen molar-refractivity contribution < 1.29 is 14.5 Å². The van der Waals surface area contributed by atoms with E-state index in [4.69, 9.17) is 4.74 Å². The molecule has 0 N–H and O–H groups in total. The highest BCUT2D eigenvalue weighted by atomic mass is 16.6. The van der Waals surface area contributed by atoms with Crippen LogP contribution in [0.15, 0.2) is 60.7 Å². The maximum Gasteiger partial charge on any atom is 0.332 e. The third-order valence-corrected chi connectivity index (χ3v) is 3.42. The van der Waals surface area contributed by atoms with Gasteiger partial charge in [-0.3, -0.25) is 10.1 Å². The lowest BCUT2D eigenvalue weighted by atomic mass is 10.1. The molecule has 2 aromatic rings. The van der Waals surface area contributed by atoms with Crippen LogP contribution in [0.5, 0.6) is 0 Å². The van der Waals surface area contributed by atoms with Crippen LogP contribution in [0.2, 0.25) is 0 Å². The van der Waals surface area contributed by atoms with E-state index >= 15 is 0 Å². The SMILES string of the molecule is CCOC(=O)/C=C(/c1ccccc1)N(C)c1ccc([N+](=O)[O-])cc1. The van der Waals surface area contributed by atoms with E-state index in [-0.39, 0.29) is 5.69 Å². The number of hydrogen-bond acceptors (Lipinski definition) is 5. The summed E-state index contributed by atoms with van der Waals surface area (Å²) in [5.41, 5.74) is 2.22. The van der Waals surface area contributed by atoms with Gasteiger partial charge < -0.3 is 9.64 Å². The molecule has 2 aromatic carbocycles. The second-order valence-corrected chi connectivity index (χ2v) is 4.98. The molecule has 0 aliphatic carbocycles. The van der Waals surface area contributed by atoms with Gasteiger partial charge in [-0.2, -0.15) is 0 Å². The number of nitro groups is 1. The van der Waals surface area contributed by atoms with E-state index in [0.717, 1.165) is 11.3 Å². The zero-order valence-corrected chi connectivity index (χ0v) is 13.5. The van der Waals surface area contributed by atoms with Crippen molar-refractivity contribution in [3.63, 3.8) is 0 Å². The lowest BCUT2D eigenvalue weighted by Gasteiger charge is -2.23. The smallest absolute Gasteiger partial charge is 0.332 e. The minimum Gasteiger partial charge on any atom is -0.463 e. The number of nitrogens with zero attached hydrogens (tertiary/aromatic N) is 2. The second kappa shape index (κ2) is 7.92. The molecule has 6 heteroatoms. The van der Waals surface area contributed by atoms with Gasteiger partial charge in [-0.15, -0.1) is 0 Å². The van der Waals surface area contributed by atoms with E-state index in [1.165, 1.54) is 18.2 Å². The molecule has 0 amide bonds. The molecule has 0 atom stereocenters. The fourth-order valence-corrected chi connectivity index (χ4v) is 2.22. The lowest BCUT2D eigenvalue weighted by molar-refractivity contribution is -0.384. The molecule has 0 aliphatic rings. The Morgan fingerprint density at radius 1 is 1.17 bits per heavy atom. The van der Waals surface area contributed by atoms with Crippen LogP contribution >= 0.6 is 0 Å². The van der Waals surface area contributed by atoms with Crippen LogP contribution < -0.4 is 4.90 Å². The van der Waals surface area contributed by atoms with E-state index in [1.807, 2.05) is 30.3 Å². The second-order valence-electron chi connectivity index (χ2n) is 4.98. The fourth-order valence-electron chi connectivity index (χ4n) is 2.22. The van der Waals surface area contributed by atoms with Gasteiger partial charge >= 0.3 is 5.97 Å². The Kier molecular flexibility index (Phi) is 5.68. The van der Waals surface area contributed by atoms with Gasteiger partial charge in [-0.1, -0.05) is 30.3 Å². The molecule has 124 valence electrons. The first-order valence-electron chi connectivity index (χ1n) is 7.45. The quantitative estimate of drug-likeness (QED) is 0.351. The minimum absolute atomic E-state index is 0.0165. The monoisotopic (exact) mass is 326 g/mol. The first-order valence-corrected chi connectivity index (χ1v) is 7.45. The van der Waals surface area contributed by atoms with Crippen LogP contribution in [-0.2, 0) is 9.53 Å². The van der Waals surface area contributed by atoms with Crippen molar-refractivity contribution >= 4 is 23.0 Å². The summed E-state index contributed by atoms with van der Waals surface area (Å²) in [5.74, 6) is -0.440. The van der Waals surface area contributed by atoms with Gasteiger partial charge in [0.05, 0.1) is 17.2 Å². The van der Waals surface area contributed by atoms with Crippen molar-refractivity contribution in [1.29, 1.82) is 0 Å². The highest BCUT2D eigenvalue weighted by molar-refractivity contribution is 5.95. The zero-order valence-electron chi connectivity index (χ0n) is 13.5. The van der Waals surface area contributed by atoms with Gasteiger partial charge in [0, 0.05) is 30.9 Å². The molecule has 0 bridgehead atoms. The molecule has 0 radical (unpaired) electrons. The first kappa shape index (κ1) is 17.2. The Morgan fingerprint density at radius 2 is 1.79 bits per heavy atom. The highest BCUT2D eigenvalue weighted by Gasteiger charge is 2.13. The normalized spacial score (nSPS) is 11.0. The van der Waals surface area contributed by atoms with Gasteiger partial charge in [0.25, 0.3) is 5.69 Å². The van der Waals surface area contributed by atoms with E-state index in [0.29, 0.717) is 12.3 Å². The molecule has 0 heterocycles. The molecule has 0 aromatic heterocycles. The number of rotatable bonds is 6. The first-order chi connectivity index (χ1) is 11.5. The lowest BCUT2D eigenvalue weighted by Crippen LogP contribution is -2.17. The summed E-state index contributed by atoms with van der Waals surface area (Å²) in [4.78, 5) is 24.0. The number of carbonyl (C=O) groups is 1. The number of benzene rings is 2. The fraction of sp³-hybridized carbons (Fsp3) is 0.167. The minimum atomic E-state index is -0.448. The number of nitro benzene ring substituents is 1. The summed E-state index contributed by atoms with van der Waals surface area (Å²) in [7, 11) is 1.79. The van der Waals surface area contributed by atoms with Crippen LogP contribution in [0, 0.1) is 10.1 Å². The maximum absolute atomic E-state index is 11.9. The van der Waals surface area contributed by atoms with Crippen molar-refractivity contribution in [2.75, 3.05) is 18.6 Å². The summed E-state index contributed by atoms with van der Waals surface area (Å²) in [6.45, 7) is 2.03. The summed E-state index contributed by atoms with van der Waals surface area (Å²) < 4.78 is 5.00. The Bertz CT molecular complexity index is 739. The molecule has 24 heavy (non-hydrogen) atoms. The van der Waals surface area contributed by atoms with Gasteiger partial charge in [0.2, 0.25) is 0 Å². The van der Waals surface area contributed by atoms with E-state index < -0.39 is 10.9 Å². The zero-order chi connectivity index (χ0) is 17.5. The topological polar surface area (TPSA) is 72.7 Å². The van der Waals surface area contributed by atoms with Crippen LogP contribution in [0.3, 0.4) is 0 Å². The molecule has 0 spiro atoms. The van der Waals surface area contributed by atoms with Crippen LogP contribution in [0.4, 0.5) is 11.4 Å². The molecule has 6 nitrogen and oxygen atoms in total. The maximum atomic E-state index is 11.9. The van der Waals surface area contributed by atoms with Crippen molar-refractivity contribution in [3.8, 4) is 0 Å². The number of hydrogen-bond donors (Lipinski definition) is 0. The number of carbonyl (C=O) groups excluding carboxylic acids is 1. The molecular weight excluding hydrogens is 308 g/mol. The average molecular weight is 326 g/mol. The molecule has 0 saturated carbocycles. The Balaban J connectivity index is 2.39. The summed E-state index contributed by atoms with van der Waals surface area (Å²) in [5, 5.41) is 10.8. The van der Waals surface area contributed by atoms with Crippen molar-refractivity contribution in [2.45, 2.75) is 6.92 Å². The summed E-state index contributed by atoms with van der Waals surface area (Å²) in [6, 6.07) is 15.5. The molecule has 0 saturated heterocycles. The molecule has 2 rings (SSSR count). The number of anilines is 1. The van der Waals surface area contributed by atoms with Gasteiger partial charge in [0.1, 0.15) is 0 Å². The molecule has 0 aliphatic heterocycles. The van der Waals surface area contributed by atoms with E-state index in [9.17, 15) is 14.9 Å². The largest absolute Gasteiger partial charge is 0.463 e. The Labute approximate surface area is 140 Å². The van der Waals surface area contributed by atoms with Crippen LogP contribution in [0.25, 0.3) is 5.70 Å². The van der Waals surface area contributed by atoms with Crippen molar-refractivity contribution in [2.24, 2.45) is 0 Å². The third kappa shape index (κ3) is 4.19.